The van der Waals surface area contributed by atoms with Gasteiger partial charge in [0.25, 0.3) is 5.56 Å². The van der Waals surface area contributed by atoms with Gasteiger partial charge in [-0.2, -0.15) is 0 Å². The van der Waals surface area contributed by atoms with Crippen molar-refractivity contribution in [3.8, 4) is 0 Å². The number of hydrogen-bond donors (Lipinski definition) is 1. The molecular weight excluding hydrogens is 172 g/mol. The van der Waals surface area contributed by atoms with E-state index in [4.69, 9.17) is 4.84 Å². The predicted molar refractivity (Wildman–Crippen MR) is 47.7 cm³/mol. The summed E-state index contributed by atoms with van der Waals surface area (Å²) in [5, 5.41) is 0. The molecule has 0 amide bonds. The summed E-state index contributed by atoms with van der Waals surface area (Å²) in [6.07, 6.45) is 3.19. The Morgan fingerprint density at radius 3 is 2.92 bits per heavy atom. The Morgan fingerprint density at radius 1 is 1.54 bits per heavy atom. The first-order valence-corrected chi connectivity index (χ1v) is 4.19. The van der Waals surface area contributed by atoms with Crippen molar-refractivity contribution in [1.29, 1.82) is 0 Å². The molecule has 0 fully saturated rings. The van der Waals surface area contributed by atoms with Gasteiger partial charge in [0.1, 0.15) is 6.61 Å². The van der Waals surface area contributed by atoms with Gasteiger partial charge in [0.15, 0.2) is 0 Å². The standard InChI is InChI=1S/C8H12N2O3/c1-2-3-6-13-10-5-4-7(11)9-8(10)12/h4-5H,2-3,6H2,1H3,(H,9,11,12). The average Bonchev–Trinajstić information content (AvgIpc) is 2.09. The van der Waals surface area contributed by atoms with E-state index in [1.165, 1.54) is 12.3 Å². The van der Waals surface area contributed by atoms with E-state index in [0.717, 1.165) is 17.6 Å². The first-order chi connectivity index (χ1) is 6.24. The normalized spacial score (nSPS) is 9.92. The predicted octanol–water partition coefficient (Wildman–Crippen LogP) is -0.235. The Morgan fingerprint density at radius 2 is 2.31 bits per heavy atom. The van der Waals surface area contributed by atoms with Gasteiger partial charge in [-0.1, -0.05) is 13.3 Å². The van der Waals surface area contributed by atoms with Crippen LogP contribution in [0.5, 0.6) is 0 Å². The molecular formula is C8H12N2O3. The van der Waals surface area contributed by atoms with Gasteiger partial charge in [0.05, 0.1) is 6.20 Å². The number of unbranched alkanes of at least 4 members (excludes halogenated alkanes) is 1. The minimum Gasteiger partial charge on any atom is -0.410 e. The number of nitrogens with one attached hydrogen (secondary N) is 1. The van der Waals surface area contributed by atoms with Gasteiger partial charge in [-0.25, -0.2) is 4.79 Å². The molecule has 0 aromatic carbocycles. The quantitative estimate of drug-likeness (QED) is 0.657. The highest BCUT2D eigenvalue weighted by Crippen LogP contribution is 1.83. The molecule has 0 atom stereocenters. The van der Waals surface area contributed by atoms with Crippen LogP contribution in [0.2, 0.25) is 0 Å². The molecule has 0 aliphatic heterocycles. The van der Waals surface area contributed by atoms with Crippen LogP contribution in [0.4, 0.5) is 0 Å². The SMILES string of the molecule is CCCCOn1ccc(=O)[nH]c1=O. The minimum atomic E-state index is -0.538. The van der Waals surface area contributed by atoms with Crippen LogP contribution in [0, 0.1) is 0 Å². The molecule has 0 bridgehead atoms. The first-order valence-electron chi connectivity index (χ1n) is 4.19. The lowest BCUT2D eigenvalue weighted by Gasteiger charge is -2.05. The fourth-order valence-corrected chi connectivity index (χ4v) is 0.814. The molecule has 1 N–H and O–H groups in total. The lowest BCUT2D eigenvalue weighted by molar-refractivity contribution is 0.0958. The Bertz CT molecular complexity index is 366. The molecule has 0 aliphatic carbocycles. The molecule has 13 heavy (non-hydrogen) atoms. The Labute approximate surface area is 74.9 Å². The van der Waals surface area contributed by atoms with Crippen molar-refractivity contribution in [2.45, 2.75) is 19.8 Å². The third kappa shape index (κ3) is 2.77. The van der Waals surface area contributed by atoms with Crippen molar-refractivity contribution >= 4 is 0 Å². The summed E-state index contributed by atoms with van der Waals surface area (Å²) >= 11 is 0. The van der Waals surface area contributed by atoms with Crippen LogP contribution in [0.25, 0.3) is 0 Å². The monoisotopic (exact) mass is 184 g/mol. The maximum atomic E-state index is 11.0. The molecule has 5 heteroatoms. The number of nitrogens with zero attached hydrogens (tertiary/aromatic N) is 1. The van der Waals surface area contributed by atoms with Crippen molar-refractivity contribution in [2.75, 3.05) is 6.61 Å². The molecule has 0 radical (unpaired) electrons. The molecule has 0 unspecified atom stereocenters. The lowest BCUT2D eigenvalue weighted by atomic mass is 10.4. The van der Waals surface area contributed by atoms with E-state index in [2.05, 4.69) is 4.98 Å². The van der Waals surface area contributed by atoms with Crippen LogP contribution >= 0.6 is 0 Å². The van der Waals surface area contributed by atoms with Crippen molar-refractivity contribution < 1.29 is 4.84 Å². The summed E-state index contributed by atoms with van der Waals surface area (Å²) in [6, 6.07) is 1.24. The molecule has 1 aromatic rings. The fraction of sp³-hybridized carbons (Fsp3) is 0.500. The minimum absolute atomic E-state index is 0.416. The highest BCUT2D eigenvalue weighted by molar-refractivity contribution is 4.79. The van der Waals surface area contributed by atoms with Gasteiger partial charge in [0.2, 0.25) is 0 Å². The summed E-state index contributed by atoms with van der Waals surface area (Å²) in [6.45, 7) is 2.50. The van der Waals surface area contributed by atoms with Gasteiger partial charge < -0.3 is 4.84 Å². The van der Waals surface area contributed by atoms with Gasteiger partial charge >= 0.3 is 5.69 Å². The summed E-state index contributed by atoms with van der Waals surface area (Å²) in [7, 11) is 0. The largest absolute Gasteiger partial charge is 0.410 e. The molecule has 0 saturated carbocycles. The number of hydrogen-bond acceptors (Lipinski definition) is 3. The van der Waals surface area contributed by atoms with Crippen LogP contribution < -0.4 is 16.1 Å². The van der Waals surface area contributed by atoms with E-state index >= 15 is 0 Å². The highest BCUT2D eigenvalue weighted by Gasteiger charge is 1.94. The first kappa shape index (κ1) is 9.57. The fourth-order valence-electron chi connectivity index (χ4n) is 0.814. The second-order valence-electron chi connectivity index (χ2n) is 2.62. The lowest BCUT2D eigenvalue weighted by Crippen LogP contribution is -2.33. The van der Waals surface area contributed by atoms with Crippen LogP contribution in [0.15, 0.2) is 21.9 Å². The maximum absolute atomic E-state index is 11.0. The summed E-state index contributed by atoms with van der Waals surface area (Å²) in [4.78, 5) is 28.8. The average molecular weight is 184 g/mol. The van der Waals surface area contributed by atoms with E-state index in [0.29, 0.717) is 6.61 Å². The second kappa shape index (κ2) is 4.49. The Balaban J connectivity index is 2.67. The highest BCUT2D eigenvalue weighted by atomic mass is 16.7. The molecule has 5 nitrogen and oxygen atoms in total. The van der Waals surface area contributed by atoms with Crippen LogP contribution in [0.1, 0.15) is 19.8 Å². The van der Waals surface area contributed by atoms with Crippen molar-refractivity contribution in [3.05, 3.63) is 33.1 Å². The van der Waals surface area contributed by atoms with Gasteiger partial charge in [-0.05, 0) is 6.42 Å². The zero-order valence-electron chi connectivity index (χ0n) is 7.45. The number of rotatable bonds is 4. The molecule has 1 rings (SSSR count). The molecule has 72 valence electrons. The number of aromatic nitrogens is 2. The van der Waals surface area contributed by atoms with Gasteiger partial charge in [-0.3, -0.25) is 9.78 Å². The summed E-state index contributed by atoms with van der Waals surface area (Å²) in [5.74, 6) is 0. The third-order valence-corrected chi connectivity index (χ3v) is 1.52. The van der Waals surface area contributed by atoms with Gasteiger partial charge in [0, 0.05) is 6.07 Å². The smallest absolute Gasteiger partial charge is 0.361 e. The molecule has 0 aliphatic rings. The van der Waals surface area contributed by atoms with E-state index < -0.39 is 11.2 Å². The number of H-pyrrole nitrogens is 1. The maximum Gasteiger partial charge on any atom is 0.361 e. The van der Waals surface area contributed by atoms with E-state index in [9.17, 15) is 9.59 Å². The molecule has 1 heterocycles. The molecule has 0 saturated heterocycles. The molecule has 1 aromatic heterocycles. The van der Waals surface area contributed by atoms with Crippen molar-refractivity contribution in [3.63, 3.8) is 0 Å². The van der Waals surface area contributed by atoms with E-state index in [-0.39, 0.29) is 0 Å². The van der Waals surface area contributed by atoms with Crippen LogP contribution in [0.3, 0.4) is 0 Å². The van der Waals surface area contributed by atoms with Crippen molar-refractivity contribution in [2.24, 2.45) is 0 Å². The molecule has 0 spiro atoms. The topological polar surface area (TPSA) is 64.1 Å². The number of aromatic amines is 1. The summed E-state index contributed by atoms with van der Waals surface area (Å²) < 4.78 is 1.02. The van der Waals surface area contributed by atoms with Crippen molar-refractivity contribution in [1.82, 2.24) is 9.71 Å². The zero-order valence-corrected chi connectivity index (χ0v) is 7.45. The second-order valence-corrected chi connectivity index (χ2v) is 2.62. The third-order valence-electron chi connectivity index (χ3n) is 1.52. The Hall–Kier alpha value is -1.52. The Kier molecular flexibility index (Phi) is 3.31. The van der Waals surface area contributed by atoms with Gasteiger partial charge in [-0.15, -0.1) is 4.73 Å². The summed E-state index contributed by atoms with van der Waals surface area (Å²) in [5.41, 5.74) is -0.955. The van der Waals surface area contributed by atoms with E-state index in [1.54, 1.807) is 0 Å². The zero-order chi connectivity index (χ0) is 9.68. The van der Waals surface area contributed by atoms with E-state index in [1.807, 2.05) is 6.92 Å². The van der Waals surface area contributed by atoms with Crippen LogP contribution in [-0.2, 0) is 0 Å². The van der Waals surface area contributed by atoms with Crippen LogP contribution in [-0.4, -0.2) is 16.3 Å².